The molecule has 1 N–H and O–H groups in total. The van der Waals surface area contributed by atoms with Gasteiger partial charge in [-0.05, 0) is 30.9 Å². The van der Waals surface area contributed by atoms with Gasteiger partial charge in [0.25, 0.3) is 5.91 Å². The van der Waals surface area contributed by atoms with Crippen LogP contribution in [0.1, 0.15) is 37.2 Å². The molecule has 3 rings (SSSR count). The zero-order valence-electron chi connectivity index (χ0n) is 14.6. The van der Waals surface area contributed by atoms with E-state index in [1.807, 2.05) is 4.90 Å². The number of ether oxygens (including phenoxy) is 1. The maximum atomic E-state index is 12.3. The molecular formula is C18H24N4O3. The van der Waals surface area contributed by atoms with Crippen LogP contribution in [-0.4, -0.2) is 46.5 Å². The summed E-state index contributed by atoms with van der Waals surface area (Å²) in [5, 5.41) is 3.39. The number of aromatic nitrogens is 2. The molecule has 0 unspecified atom stereocenters. The van der Waals surface area contributed by atoms with Crippen molar-refractivity contribution in [2.24, 2.45) is 5.92 Å². The molecule has 7 heteroatoms. The summed E-state index contributed by atoms with van der Waals surface area (Å²) in [6, 6.07) is 3.69. The summed E-state index contributed by atoms with van der Waals surface area (Å²) in [6.07, 6.45) is 6.55. The molecule has 1 saturated heterocycles. The Labute approximate surface area is 147 Å². The fourth-order valence-electron chi connectivity index (χ4n) is 2.73. The van der Waals surface area contributed by atoms with Crippen LogP contribution in [0.4, 0.5) is 5.82 Å². The highest BCUT2D eigenvalue weighted by Crippen LogP contribution is 2.18. The summed E-state index contributed by atoms with van der Waals surface area (Å²) in [4.78, 5) is 22.7. The smallest absolute Gasteiger partial charge is 0.289 e. The van der Waals surface area contributed by atoms with Gasteiger partial charge in [-0.2, -0.15) is 4.98 Å². The number of hydrogen-bond acceptors (Lipinski definition) is 6. The molecule has 0 aliphatic carbocycles. The summed E-state index contributed by atoms with van der Waals surface area (Å²) >= 11 is 0. The largest absolute Gasteiger partial charge is 0.476 e. The van der Waals surface area contributed by atoms with Crippen LogP contribution < -0.4 is 10.1 Å². The Morgan fingerprint density at radius 2 is 2.20 bits per heavy atom. The van der Waals surface area contributed by atoms with Gasteiger partial charge in [0, 0.05) is 19.1 Å². The highest BCUT2D eigenvalue weighted by atomic mass is 16.5. The third-order valence-electron chi connectivity index (χ3n) is 4.04. The number of carbonyl (C=O) groups is 1. The van der Waals surface area contributed by atoms with Gasteiger partial charge in [0.2, 0.25) is 5.88 Å². The molecule has 0 radical (unpaired) electrons. The second kappa shape index (κ2) is 8.00. The molecule has 2 aromatic rings. The van der Waals surface area contributed by atoms with Gasteiger partial charge in [-0.1, -0.05) is 13.8 Å². The number of piperidine rings is 1. The Morgan fingerprint density at radius 3 is 2.88 bits per heavy atom. The van der Waals surface area contributed by atoms with Crippen LogP contribution in [0.2, 0.25) is 0 Å². The maximum absolute atomic E-state index is 12.3. The maximum Gasteiger partial charge on any atom is 0.289 e. The van der Waals surface area contributed by atoms with E-state index in [0.29, 0.717) is 43.1 Å². The van der Waals surface area contributed by atoms with E-state index in [1.54, 1.807) is 24.5 Å². The van der Waals surface area contributed by atoms with E-state index in [1.165, 1.54) is 6.26 Å². The predicted molar refractivity (Wildman–Crippen MR) is 93.6 cm³/mol. The quantitative estimate of drug-likeness (QED) is 0.868. The number of likely N-dealkylation sites (tertiary alicyclic amines) is 1. The van der Waals surface area contributed by atoms with Crippen LogP contribution in [0.25, 0.3) is 0 Å². The lowest BCUT2D eigenvalue weighted by Crippen LogP contribution is -2.42. The Kier molecular flexibility index (Phi) is 5.53. The van der Waals surface area contributed by atoms with Gasteiger partial charge in [0.05, 0.1) is 25.3 Å². The van der Waals surface area contributed by atoms with Crippen LogP contribution in [0, 0.1) is 5.92 Å². The number of nitrogens with zero attached hydrogens (tertiary/aromatic N) is 3. The molecule has 3 heterocycles. The van der Waals surface area contributed by atoms with Crippen LogP contribution in [0.5, 0.6) is 5.88 Å². The standard InChI is InChI=1S/C18H24N4O3/c1-13(2)12-25-17-11-19-10-16(21-17)20-14-5-7-22(8-6-14)18(23)15-4-3-9-24-15/h3-4,9-11,13-14H,5-8,12H2,1-2H3,(H,20,21). The fraction of sp³-hybridized carbons (Fsp3) is 0.500. The molecule has 0 bridgehead atoms. The van der Waals surface area contributed by atoms with Crippen LogP contribution >= 0.6 is 0 Å². The van der Waals surface area contributed by atoms with E-state index in [4.69, 9.17) is 9.15 Å². The van der Waals surface area contributed by atoms with E-state index in [9.17, 15) is 4.79 Å². The number of carbonyl (C=O) groups excluding carboxylic acids is 1. The first-order valence-electron chi connectivity index (χ1n) is 8.66. The van der Waals surface area contributed by atoms with Gasteiger partial charge in [0.1, 0.15) is 5.82 Å². The van der Waals surface area contributed by atoms with Gasteiger partial charge in [-0.25, -0.2) is 0 Å². The molecule has 7 nitrogen and oxygen atoms in total. The summed E-state index contributed by atoms with van der Waals surface area (Å²) in [5.74, 6) is 2.02. The molecule has 25 heavy (non-hydrogen) atoms. The molecule has 1 amide bonds. The van der Waals surface area contributed by atoms with Crippen LogP contribution in [-0.2, 0) is 0 Å². The molecule has 1 fully saturated rings. The van der Waals surface area contributed by atoms with Crippen molar-refractivity contribution in [2.45, 2.75) is 32.7 Å². The zero-order valence-corrected chi connectivity index (χ0v) is 14.6. The lowest BCUT2D eigenvalue weighted by Gasteiger charge is -2.32. The topological polar surface area (TPSA) is 80.5 Å². The molecule has 2 aromatic heterocycles. The third kappa shape index (κ3) is 4.71. The SMILES string of the molecule is CC(C)COc1cncc(NC2CCN(C(=O)c3ccco3)CC2)n1. The minimum atomic E-state index is -0.0488. The Balaban J connectivity index is 1.50. The fourth-order valence-corrected chi connectivity index (χ4v) is 2.73. The predicted octanol–water partition coefficient (Wildman–Crippen LogP) is 2.82. The van der Waals surface area contributed by atoms with Crippen molar-refractivity contribution < 1.29 is 13.9 Å². The lowest BCUT2D eigenvalue weighted by molar-refractivity contribution is 0.0686. The normalized spacial score (nSPS) is 15.4. The minimum absolute atomic E-state index is 0.0488. The van der Waals surface area contributed by atoms with E-state index in [0.717, 1.165) is 12.8 Å². The number of rotatable bonds is 6. The van der Waals surface area contributed by atoms with Gasteiger partial charge >= 0.3 is 0 Å². The Bertz CT molecular complexity index is 679. The van der Waals surface area contributed by atoms with E-state index < -0.39 is 0 Å². The highest BCUT2D eigenvalue weighted by Gasteiger charge is 2.25. The molecule has 1 aliphatic rings. The molecule has 0 aromatic carbocycles. The van der Waals surface area contributed by atoms with Crippen molar-refractivity contribution in [1.82, 2.24) is 14.9 Å². The van der Waals surface area contributed by atoms with Crippen molar-refractivity contribution >= 4 is 11.7 Å². The summed E-state index contributed by atoms with van der Waals surface area (Å²) in [7, 11) is 0. The molecular weight excluding hydrogens is 320 g/mol. The first-order valence-corrected chi connectivity index (χ1v) is 8.66. The zero-order chi connectivity index (χ0) is 17.6. The number of furan rings is 1. The number of hydrogen-bond donors (Lipinski definition) is 1. The van der Waals surface area contributed by atoms with E-state index in [2.05, 4.69) is 29.1 Å². The van der Waals surface area contributed by atoms with Crippen LogP contribution in [0.15, 0.2) is 35.2 Å². The Morgan fingerprint density at radius 1 is 1.40 bits per heavy atom. The van der Waals surface area contributed by atoms with E-state index >= 15 is 0 Å². The summed E-state index contributed by atoms with van der Waals surface area (Å²) in [6.45, 7) is 6.18. The average Bonchev–Trinajstić information content (AvgIpc) is 3.15. The summed E-state index contributed by atoms with van der Waals surface area (Å²) < 4.78 is 10.8. The molecule has 0 atom stereocenters. The van der Waals surface area contributed by atoms with Crippen molar-refractivity contribution in [3.8, 4) is 5.88 Å². The van der Waals surface area contributed by atoms with E-state index in [-0.39, 0.29) is 11.9 Å². The van der Waals surface area contributed by atoms with Gasteiger partial charge in [-0.15, -0.1) is 0 Å². The van der Waals surface area contributed by atoms with Crippen molar-refractivity contribution in [3.63, 3.8) is 0 Å². The third-order valence-corrected chi connectivity index (χ3v) is 4.04. The summed E-state index contributed by atoms with van der Waals surface area (Å²) in [5.41, 5.74) is 0. The molecule has 134 valence electrons. The number of anilines is 1. The van der Waals surface area contributed by atoms with Crippen molar-refractivity contribution in [3.05, 3.63) is 36.5 Å². The first kappa shape index (κ1) is 17.3. The van der Waals surface area contributed by atoms with Gasteiger partial charge in [0.15, 0.2) is 5.76 Å². The average molecular weight is 344 g/mol. The first-order chi connectivity index (χ1) is 12.1. The second-order valence-corrected chi connectivity index (χ2v) is 6.64. The molecule has 1 aliphatic heterocycles. The molecule has 0 spiro atoms. The minimum Gasteiger partial charge on any atom is -0.476 e. The highest BCUT2D eigenvalue weighted by molar-refractivity contribution is 5.91. The second-order valence-electron chi connectivity index (χ2n) is 6.64. The number of amides is 1. The van der Waals surface area contributed by atoms with Crippen molar-refractivity contribution in [1.29, 1.82) is 0 Å². The Hall–Kier alpha value is -2.57. The lowest BCUT2D eigenvalue weighted by atomic mass is 10.0. The van der Waals surface area contributed by atoms with Crippen molar-refractivity contribution in [2.75, 3.05) is 25.0 Å². The molecule has 0 saturated carbocycles. The van der Waals surface area contributed by atoms with Gasteiger partial charge in [-0.3, -0.25) is 9.78 Å². The van der Waals surface area contributed by atoms with Gasteiger partial charge < -0.3 is 19.4 Å². The monoisotopic (exact) mass is 344 g/mol. The number of nitrogens with one attached hydrogen (secondary N) is 1. The van der Waals surface area contributed by atoms with Crippen LogP contribution in [0.3, 0.4) is 0 Å².